The van der Waals surface area contributed by atoms with Crippen LogP contribution in [0, 0.1) is 0 Å². The largest absolute Gasteiger partial charge is 0.493 e. The quantitative estimate of drug-likeness (QED) is 0.623. The summed E-state index contributed by atoms with van der Waals surface area (Å²) in [6.45, 7) is 1.18. The van der Waals surface area contributed by atoms with E-state index in [1.165, 1.54) is 0 Å². The second-order valence-electron chi connectivity index (χ2n) is 5.73. The Morgan fingerprint density at radius 2 is 1.41 bits per heavy atom. The molecule has 0 unspecified atom stereocenters. The van der Waals surface area contributed by atoms with Crippen molar-refractivity contribution in [1.29, 1.82) is 0 Å². The van der Waals surface area contributed by atoms with Crippen LogP contribution in [-0.2, 0) is 11.3 Å². The van der Waals surface area contributed by atoms with Crippen LogP contribution in [0.3, 0.4) is 0 Å². The van der Waals surface area contributed by atoms with Gasteiger partial charge in [-0.2, -0.15) is 0 Å². The highest BCUT2D eigenvalue weighted by Crippen LogP contribution is 2.30. The molecule has 146 valence electrons. The van der Waals surface area contributed by atoms with Crippen LogP contribution < -0.4 is 29.6 Å². The van der Waals surface area contributed by atoms with Crippen LogP contribution in [0.4, 0.5) is 5.69 Å². The van der Waals surface area contributed by atoms with Crippen molar-refractivity contribution in [3.8, 4) is 23.0 Å². The van der Waals surface area contributed by atoms with E-state index < -0.39 is 0 Å². The number of carbonyl (C=O) groups is 1. The Kier molecular flexibility index (Phi) is 7.76. The first-order valence-electron chi connectivity index (χ1n) is 8.54. The highest BCUT2D eigenvalue weighted by Gasteiger charge is 2.08. The zero-order chi connectivity index (χ0) is 19.6. The summed E-state index contributed by atoms with van der Waals surface area (Å²) in [6.07, 6.45) is 0.349. The molecule has 0 atom stereocenters. The number of hydrogen-bond acceptors (Lipinski definition) is 6. The Morgan fingerprint density at radius 3 is 2.04 bits per heavy atom. The van der Waals surface area contributed by atoms with E-state index in [-0.39, 0.29) is 5.91 Å². The summed E-state index contributed by atoms with van der Waals surface area (Å²) in [5, 5.41) is 6.09. The lowest BCUT2D eigenvalue weighted by molar-refractivity contribution is -0.116. The van der Waals surface area contributed by atoms with Gasteiger partial charge in [0.05, 0.1) is 28.4 Å². The van der Waals surface area contributed by atoms with Crippen LogP contribution in [-0.4, -0.2) is 40.9 Å². The highest BCUT2D eigenvalue weighted by molar-refractivity contribution is 5.91. The van der Waals surface area contributed by atoms with Crippen LogP contribution in [0.1, 0.15) is 12.0 Å². The molecule has 2 rings (SSSR count). The minimum absolute atomic E-state index is 0.0815. The average molecular weight is 374 g/mol. The molecule has 7 nitrogen and oxygen atoms in total. The van der Waals surface area contributed by atoms with Crippen molar-refractivity contribution in [2.45, 2.75) is 13.0 Å². The molecule has 2 aromatic carbocycles. The zero-order valence-corrected chi connectivity index (χ0v) is 16.1. The number of anilines is 1. The van der Waals surface area contributed by atoms with Gasteiger partial charge in [0, 0.05) is 31.3 Å². The Labute approximate surface area is 159 Å². The van der Waals surface area contributed by atoms with Gasteiger partial charge in [-0.25, -0.2) is 0 Å². The molecule has 0 aliphatic carbocycles. The fourth-order valence-corrected chi connectivity index (χ4v) is 2.56. The summed E-state index contributed by atoms with van der Waals surface area (Å²) in [5.74, 6) is 2.48. The van der Waals surface area contributed by atoms with Gasteiger partial charge < -0.3 is 29.6 Å². The number of nitrogens with one attached hydrogen (secondary N) is 2. The SMILES string of the molecule is COc1ccc(CNCCC(=O)Nc2ccc(OC)c(OC)c2)cc1OC. The van der Waals surface area contributed by atoms with Gasteiger partial charge in [-0.3, -0.25) is 4.79 Å². The van der Waals surface area contributed by atoms with Crippen LogP contribution in [0.25, 0.3) is 0 Å². The number of rotatable bonds is 10. The standard InChI is InChI=1S/C20H26N2O5/c1-24-16-7-5-14(11-18(16)26-3)13-21-10-9-20(23)22-15-6-8-17(25-2)19(12-15)27-4/h5-8,11-12,21H,9-10,13H2,1-4H3,(H,22,23). The molecule has 1 amide bonds. The third kappa shape index (κ3) is 5.79. The molecule has 2 N–H and O–H groups in total. The molecule has 0 radical (unpaired) electrons. The summed E-state index contributed by atoms with van der Waals surface area (Å²) < 4.78 is 20.9. The van der Waals surface area contributed by atoms with Gasteiger partial charge in [0.1, 0.15) is 0 Å². The molecule has 0 aromatic heterocycles. The minimum Gasteiger partial charge on any atom is -0.493 e. The second-order valence-corrected chi connectivity index (χ2v) is 5.73. The van der Waals surface area contributed by atoms with Crippen LogP contribution in [0.2, 0.25) is 0 Å². The molecule has 27 heavy (non-hydrogen) atoms. The number of ether oxygens (including phenoxy) is 4. The van der Waals surface area contributed by atoms with Gasteiger partial charge in [-0.05, 0) is 29.8 Å². The predicted molar refractivity (Wildman–Crippen MR) is 104 cm³/mol. The van der Waals surface area contributed by atoms with Crippen molar-refractivity contribution in [2.75, 3.05) is 40.3 Å². The van der Waals surface area contributed by atoms with Crippen molar-refractivity contribution in [3.63, 3.8) is 0 Å². The number of benzene rings is 2. The summed E-state index contributed by atoms with van der Waals surface area (Å²) in [5.41, 5.74) is 1.71. The molecule has 0 bridgehead atoms. The van der Waals surface area contributed by atoms with E-state index in [0.29, 0.717) is 48.2 Å². The number of methoxy groups -OCH3 is 4. The predicted octanol–water partition coefficient (Wildman–Crippen LogP) is 2.84. The fourth-order valence-electron chi connectivity index (χ4n) is 2.56. The third-order valence-electron chi connectivity index (χ3n) is 3.97. The smallest absolute Gasteiger partial charge is 0.225 e. The molecule has 0 saturated heterocycles. The van der Waals surface area contributed by atoms with E-state index in [1.54, 1.807) is 46.6 Å². The third-order valence-corrected chi connectivity index (χ3v) is 3.97. The van der Waals surface area contributed by atoms with Gasteiger partial charge >= 0.3 is 0 Å². The van der Waals surface area contributed by atoms with E-state index in [1.807, 2.05) is 18.2 Å². The van der Waals surface area contributed by atoms with Crippen LogP contribution in [0.15, 0.2) is 36.4 Å². The molecule has 2 aromatic rings. The van der Waals surface area contributed by atoms with Crippen LogP contribution >= 0.6 is 0 Å². The van der Waals surface area contributed by atoms with Crippen molar-refractivity contribution in [2.24, 2.45) is 0 Å². The maximum absolute atomic E-state index is 12.1. The first kappa shape index (κ1) is 20.4. The maximum Gasteiger partial charge on any atom is 0.225 e. The summed E-state index contributed by atoms with van der Waals surface area (Å²) in [4.78, 5) is 12.1. The van der Waals surface area contributed by atoms with E-state index >= 15 is 0 Å². The maximum atomic E-state index is 12.1. The average Bonchev–Trinajstić information content (AvgIpc) is 2.70. The molecule has 0 fully saturated rings. The van der Waals surface area contributed by atoms with Crippen molar-refractivity contribution in [3.05, 3.63) is 42.0 Å². The molecule has 0 spiro atoms. The second kappa shape index (κ2) is 10.3. The minimum atomic E-state index is -0.0815. The monoisotopic (exact) mass is 374 g/mol. The summed E-state index contributed by atoms with van der Waals surface area (Å²) in [6, 6.07) is 11.0. The summed E-state index contributed by atoms with van der Waals surface area (Å²) in [7, 11) is 6.34. The van der Waals surface area contributed by atoms with E-state index in [4.69, 9.17) is 18.9 Å². The van der Waals surface area contributed by atoms with E-state index in [2.05, 4.69) is 10.6 Å². The highest BCUT2D eigenvalue weighted by atomic mass is 16.5. The fraction of sp³-hybridized carbons (Fsp3) is 0.350. The molecular weight excluding hydrogens is 348 g/mol. The lowest BCUT2D eigenvalue weighted by atomic mass is 10.2. The summed E-state index contributed by atoms with van der Waals surface area (Å²) >= 11 is 0. The number of amides is 1. The van der Waals surface area contributed by atoms with E-state index in [0.717, 1.165) is 5.56 Å². The molecule has 0 saturated carbocycles. The van der Waals surface area contributed by atoms with Crippen molar-refractivity contribution >= 4 is 11.6 Å². The number of hydrogen-bond donors (Lipinski definition) is 2. The molecular formula is C20H26N2O5. The zero-order valence-electron chi connectivity index (χ0n) is 16.1. The normalized spacial score (nSPS) is 10.2. The number of carbonyl (C=O) groups excluding carboxylic acids is 1. The Morgan fingerprint density at radius 1 is 0.815 bits per heavy atom. The molecule has 0 aliphatic heterocycles. The molecule has 0 heterocycles. The lowest BCUT2D eigenvalue weighted by Crippen LogP contribution is -2.21. The van der Waals surface area contributed by atoms with Crippen LogP contribution in [0.5, 0.6) is 23.0 Å². The first-order valence-corrected chi connectivity index (χ1v) is 8.54. The Balaban J connectivity index is 1.79. The van der Waals surface area contributed by atoms with Gasteiger partial charge in [-0.1, -0.05) is 6.07 Å². The molecule has 7 heteroatoms. The van der Waals surface area contributed by atoms with Gasteiger partial charge in [0.15, 0.2) is 23.0 Å². The van der Waals surface area contributed by atoms with E-state index in [9.17, 15) is 4.79 Å². The molecule has 0 aliphatic rings. The van der Waals surface area contributed by atoms with Crippen molar-refractivity contribution in [1.82, 2.24) is 5.32 Å². The topological polar surface area (TPSA) is 78.1 Å². The van der Waals surface area contributed by atoms with Gasteiger partial charge in [0.2, 0.25) is 5.91 Å². The first-order chi connectivity index (χ1) is 13.1. The lowest BCUT2D eigenvalue weighted by Gasteiger charge is -2.11. The Bertz CT molecular complexity index is 764. The Hall–Kier alpha value is -2.93. The van der Waals surface area contributed by atoms with Gasteiger partial charge in [0.25, 0.3) is 0 Å². The van der Waals surface area contributed by atoms with Crippen molar-refractivity contribution < 1.29 is 23.7 Å². The van der Waals surface area contributed by atoms with Gasteiger partial charge in [-0.15, -0.1) is 0 Å².